The van der Waals surface area contributed by atoms with Gasteiger partial charge in [-0.05, 0) is 42.2 Å². The third-order valence-corrected chi connectivity index (χ3v) is 3.68. The fraction of sp³-hybridized carbons (Fsp3) is 0.278. The maximum atomic E-state index is 10.6. The third-order valence-electron chi connectivity index (χ3n) is 3.68. The van der Waals surface area contributed by atoms with Crippen molar-refractivity contribution < 1.29 is 10.0 Å². The smallest absolute Gasteiger partial charge is 0.269 e. The molecule has 0 amide bonds. The summed E-state index contributed by atoms with van der Waals surface area (Å²) in [5.74, 6) is 0.162. The van der Waals surface area contributed by atoms with Gasteiger partial charge in [-0.1, -0.05) is 26.8 Å². The van der Waals surface area contributed by atoms with Crippen molar-refractivity contribution >= 4 is 17.1 Å². The number of phenols is 1. The van der Waals surface area contributed by atoms with Gasteiger partial charge in [0.1, 0.15) is 5.75 Å². The zero-order valence-electron chi connectivity index (χ0n) is 14.2. The Morgan fingerprint density at radius 3 is 2.33 bits per heavy atom. The molecular weight excluding hydrogens is 306 g/mol. The normalized spacial score (nSPS) is 12.1. The maximum Gasteiger partial charge on any atom is 0.269 e. The zero-order valence-corrected chi connectivity index (χ0v) is 14.2. The van der Waals surface area contributed by atoms with E-state index in [1.54, 1.807) is 25.1 Å². The van der Waals surface area contributed by atoms with Crippen LogP contribution in [-0.2, 0) is 5.41 Å². The van der Waals surface area contributed by atoms with E-state index >= 15 is 0 Å². The molecule has 0 aliphatic rings. The summed E-state index contributed by atoms with van der Waals surface area (Å²) in [7, 11) is 0. The maximum absolute atomic E-state index is 10.6. The molecule has 2 aromatic carbocycles. The second-order valence-corrected chi connectivity index (χ2v) is 6.59. The first-order valence-corrected chi connectivity index (χ1v) is 7.57. The summed E-state index contributed by atoms with van der Waals surface area (Å²) in [6.45, 7) is 8.10. The molecule has 0 spiro atoms. The van der Waals surface area contributed by atoms with Crippen LogP contribution in [0, 0.1) is 10.1 Å². The third kappa shape index (κ3) is 4.10. The van der Waals surface area contributed by atoms with E-state index < -0.39 is 4.92 Å². The number of hydrogen-bond donors (Lipinski definition) is 2. The summed E-state index contributed by atoms with van der Waals surface area (Å²) in [6.07, 6.45) is 0. The summed E-state index contributed by atoms with van der Waals surface area (Å²) in [6, 6.07) is 11.5. The Kier molecular flexibility index (Phi) is 4.87. The molecular formula is C18H21N3O3. The van der Waals surface area contributed by atoms with Crippen LogP contribution in [0.2, 0.25) is 0 Å². The van der Waals surface area contributed by atoms with Crippen molar-refractivity contribution in [2.45, 2.75) is 33.1 Å². The van der Waals surface area contributed by atoms with Crippen LogP contribution in [0.5, 0.6) is 5.75 Å². The van der Waals surface area contributed by atoms with Gasteiger partial charge in [0.25, 0.3) is 5.69 Å². The highest BCUT2D eigenvalue weighted by Crippen LogP contribution is 2.28. The molecule has 2 rings (SSSR count). The minimum Gasteiger partial charge on any atom is -0.507 e. The highest BCUT2D eigenvalue weighted by Gasteiger charge is 2.16. The Bertz CT molecular complexity index is 775. The Balaban J connectivity index is 2.23. The average Bonchev–Trinajstić information content (AvgIpc) is 2.52. The number of hydrogen-bond acceptors (Lipinski definition) is 5. The second-order valence-electron chi connectivity index (χ2n) is 6.59. The number of aromatic hydroxyl groups is 1. The topological polar surface area (TPSA) is 87.8 Å². The van der Waals surface area contributed by atoms with Gasteiger partial charge >= 0.3 is 0 Å². The second kappa shape index (κ2) is 6.70. The van der Waals surface area contributed by atoms with E-state index in [1.165, 1.54) is 12.1 Å². The summed E-state index contributed by atoms with van der Waals surface area (Å²) >= 11 is 0. The van der Waals surface area contributed by atoms with E-state index in [9.17, 15) is 15.2 Å². The lowest BCUT2D eigenvalue weighted by Crippen LogP contribution is -2.12. The number of rotatable bonds is 4. The molecule has 24 heavy (non-hydrogen) atoms. The van der Waals surface area contributed by atoms with Gasteiger partial charge in [0.15, 0.2) is 0 Å². The van der Waals surface area contributed by atoms with Gasteiger partial charge in [-0.2, -0.15) is 5.10 Å². The summed E-state index contributed by atoms with van der Waals surface area (Å²) in [5.41, 5.74) is 5.84. The van der Waals surface area contributed by atoms with Gasteiger partial charge in [0.2, 0.25) is 0 Å². The lowest BCUT2D eigenvalue weighted by atomic mass is 9.85. The monoisotopic (exact) mass is 327 g/mol. The number of hydrazone groups is 1. The standard InChI is InChI=1S/C18H21N3O3/c1-12(16-11-13(18(2,3)4)5-10-17(16)22)19-20-14-6-8-15(9-7-14)21(23)24/h5-11,20,22H,1-4H3/b19-12+. The Morgan fingerprint density at radius 2 is 1.79 bits per heavy atom. The van der Waals surface area contributed by atoms with Crippen LogP contribution in [0.1, 0.15) is 38.8 Å². The van der Waals surface area contributed by atoms with Crippen molar-refractivity contribution in [2.24, 2.45) is 5.10 Å². The molecule has 6 nitrogen and oxygen atoms in total. The van der Waals surface area contributed by atoms with Crippen molar-refractivity contribution in [2.75, 3.05) is 5.43 Å². The SMILES string of the molecule is C/C(=N\Nc1ccc([N+](=O)[O-])cc1)c1cc(C(C)(C)C)ccc1O. The summed E-state index contributed by atoms with van der Waals surface area (Å²) < 4.78 is 0. The molecule has 0 aliphatic heterocycles. The molecule has 2 N–H and O–H groups in total. The number of nitrogens with zero attached hydrogens (tertiary/aromatic N) is 2. The number of anilines is 1. The van der Waals surface area contributed by atoms with Crippen LogP contribution in [0.4, 0.5) is 11.4 Å². The number of phenolic OH excluding ortho intramolecular Hbond substituents is 1. The van der Waals surface area contributed by atoms with Crippen molar-refractivity contribution in [3.63, 3.8) is 0 Å². The molecule has 0 heterocycles. The van der Waals surface area contributed by atoms with Crippen molar-refractivity contribution in [3.8, 4) is 5.75 Å². The highest BCUT2D eigenvalue weighted by molar-refractivity contribution is 6.01. The number of nitrogens with one attached hydrogen (secondary N) is 1. The molecule has 0 bridgehead atoms. The molecule has 0 aliphatic carbocycles. The first-order valence-electron chi connectivity index (χ1n) is 7.57. The molecule has 0 aromatic heterocycles. The molecule has 0 radical (unpaired) electrons. The number of non-ortho nitro benzene ring substituents is 1. The van der Waals surface area contributed by atoms with Crippen LogP contribution in [0.3, 0.4) is 0 Å². The molecule has 0 saturated heterocycles. The first kappa shape index (κ1) is 17.5. The molecule has 6 heteroatoms. The van der Waals surface area contributed by atoms with Gasteiger partial charge in [0, 0.05) is 17.7 Å². The van der Waals surface area contributed by atoms with E-state index in [0.717, 1.165) is 5.56 Å². The van der Waals surface area contributed by atoms with Crippen molar-refractivity contribution in [3.05, 3.63) is 63.7 Å². The van der Waals surface area contributed by atoms with Gasteiger partial charge < -0.3 is 5.11 Å². The minimum absolute atomic E-state index is 0.0248. The average molecular weight is 327 g/mol. The van der Waals surface area contributed by atoms with Crippen LogP contribution in [-0.4, -0.2) is 15.7 Å². The van der Waals surface area contributed by atoms with Gasteiger partial charge in [-0.3, -0.25) is 15.5 Å². The molecule has 126 valence electrons. The Morgan fingerprint density at radius 1 is 1.17 bits per heavy atom. The zero-order chi connectivity index (χ0) is 17.9. The van der Waals surface area contributed by atoms with E-state index in [0.29, 0.717) is 17.0 Å². The lowest BCUT2D eigenvalue weighted by molar-refractivity contribution is -0.384. The number of nitro benzene ring substituents is 1. The lowest BCUT2D eigenvalue weighted by Gasteiger charge is -2.20. The molecule has 2 aromatic rings. The molecule has 0 fully saturated rings. The van der Waals surface area contributed by atoms with Gasteiger partial charge in [-0.15, -0.1) is 0 Å². The van der Waals surface area contributed by atoms with Gasteiger partial charge in [-0.25, -0.2) is 0 Å². The molecule has 0 atom stereocenters. The quantitative estimate of drug-likeness (QED) is 0.494. The largest absolute Gasteiger partial charge is 0.507 e. The van der Waals surface area contributed by atoms with Crippen LogP contribution >= 0.6 is 0 Å². The number of nitro groups is 1. The molecule has 0 unspecified atom stereocenters. The first-order chi connectivity index (χ1) is 11.2. The summed E-state index contributed by atoms with van der Waals surface area (Å²) in [5, 5.41) is 25.0. The van der Waals surface area contributed by atoms with E-state index in [-0.39, 0.29) is 16.9 Å². The predicted molar refractivity (Wildman–Crippen MR) is 95.7 cm³/mol. The Hall–Kier alpha value is -2.89. The van der Waals surface area contributed by atoms with E-state index in [1.807, 2.05) is 12.1 Å². The van der Waals surface area contributed by atoms with Crippen molar-refractivity contribution in [1.29, 1.82) is 0 Å². The predicted octanol–water partition coefficient (Wildman–Crippen LogP) is 4.43. The van der Waals surface area contributed by atoms with E-state index in [2.05, 4.69) is 31.3 Å². The molecule has 0 saturated carbocycles. The van der Waals surface area contributed by atoms with Crippen molar-refractivity contribution in [1.82, 2.24) is 0 Å². The minimum atomic E-state index is -0.450. The van der Waals surface area contributed by atoms with Crippen LogP contribution in [0.15, 0.2) is 47.6 Å². The fourth-order valence-electron chi connectivity index (χ4n) is 2.16. The Labute approximate surface area is 141 Å². The van der Waals surface area contributed by atoms with E-state index in [4.69, 9.17) is 0 Å². The van der Waals surface area contributed by atoms with Gasteiger partial charge in [0.05, 0.1) is 16.3 Å². The highest BCUT2D eigenvalue weighted by atomic mass is 16.6. The van der Waals surface area contributed by atoms with Crippen LogP contribution in [0.25, 0.3) is 0 Å². The fourth-order valence-corrected chi connectivity index (χ4v) is 2.16. The van der Waals surface area contributed by atoms with Crippen LogP contribution < -0.4 is 5.43 Å². The summed E-state index contributed by atoms with van der Waals surface area (Å²) in [4.78, 5) is 10.2. The number of benzene rings is 2.